The van der Waals surface area contributed by atoms with Gasteiger partial charge in [0.2, 0.25) is 0 Å². The molecule has 0 unspecified atom stereocenters. The van der Waals surface area contributed by atoms with E-state index in [4.69, 9.17) is 0 Å². The molecule has 0 radical (unpaired) electrons. The lowest BCUT2D eigenvalue weighted by molar-refractivity contribution is 0.561. The van der Waals surface area contributed by atoms with E-state index in [2.05, 4.69) is 30.7 Å². The van der Waals surface area contributed by atoms with Gasteiger partial charge in [0.25, 0.3) is 0 Å². The van der Waals surface area contributed by atoms with Crippen LogP contribution in [0, 0.1) is 0 Å². The molecule has 1 aliphatic carbocycles. The largest absolute Gasteiger partial charge is 0.261 e. The van der Waals surface area contributed by atoms with E-state index in [9.17, 15) is 0 Å². The minimum absolute atomic E-state index is 0.123. The van der Waals surface area contributed by atoms with Crippen LogP contribution in [0.1, 0.15) is 50.9 Å². The second kappa shape index (κ2) is 2.79. The van der Waals surface area contributed by atoms with Gasteiger partial charge in [0.05, 0.1) is 11.4 Å². The molecule has 2 heteroatoms. The zero-order chi connectivity index (χ0) is 9.47. The van der Waals surface area contributed by atoms with E-state index < -0.39 is 0 Å². The van der Waals surface area contributed by atoms with Crippen molar-refractivity contribution in [1.82, 2.24) is 9.97 Å². The van der Waals surface area contributed by atoms with Crippen molar-refractivity contribution in [2.75, 3.05) is 0 Å². The summed E-state index contributed by atoms with van der Waals surface area (Å²) in [6, 6.07) is 0. The summed E-state index contributed by atoms with van der Waals surface area (Å²) < 4.78 is 0. The van der Waals surface area contributed by atoms with Crippen molar-refractivity contribution in [1.29, 1.82) is 0 Å². The molecule has 0 spiro atoms. The van der Waals surface area contributed by atoms with Crippen LogP contribution < -0.4 is 0 Å². The highest BCUT2D eigenvalue weighted by molar-refractivity contribution is 5.17. The van der Waals surface area contributed by atoms with E-state index >= 15 is 0 Å². The van der Waals surface area contributed by atoms with E-state index in [1.165, 1.54) is 18.5 Å². The lowest BCUT2D eigenvalue weighted by Crippen LogP contribution is -2.14. The van der Waals surface area contributed by atoms with Gasteiger partial charge in [0.15, 0.2) is 0 Å². The van der Waals surface area contributed by atoms with Crippen molar-refractivity contribution < 1.29 is 0 Å². The fraction of sp³-hybridized carbons (Fsp3) is 0.636. The Kier molecular flexibility index (Phi) is 1.86. The first-order chi connectivity index (χ1) is 6.07. The molecular formula is C11H16N2. The average molecular weight is 176 g/mol. The van der Waals surface area contributed by atoms with Gasteiger partial charge in [-0.3, -0.25) is 9.97 Å². The lowest BCUT2D eigenvalue weighted by Gasteiger charge is -2.17. The number of hydrogen-bond acceptors (Lipinski definition) is 2. The molecule has 0 bridgehead atoms. The van der Waals surface area contributed by atoms with Gasteiger partial charge >= 0.3 is 0 Å². The van der Waals surface area contributed by atoms with E-state index in [1.807, 2.05) is 12.4 Å². The zero-order valence-electron chi connectivity index (χ0n) is 8.54. The van der Waals surface area contributed by atoms with Gasteiger partial charge in [0.1, 0.15) is 0 Å². The van der Waals surface area contributed by atoms with Crippen LogP contribution in [0.15, 0.2) is 12.4 Å². The Morgan fingerprint density at radius 2 is 1.92 bits per heavy atom. The quantitative estimate of drug-likeness (QED) is 0.657. The number of aromatic nitrogens is 2. The summed E-state index contributed by atoms with van der Waals surface area (Å²) in [5.74, 6) is 0.704. The monoisotopic (exact) mass is 176 g/mol. The van der Waals surface area contributed by atoms with Crippen molar-refractivity contribution >= 4 is 0 Å². The average Bonchev–Trinajstić information content (AvgIpc) is 2.85. The fourth-order valence-electron chi connectivity index (χ4n) is 1.32. The SMILES string of the molecule is CC(C)(C)c1cncc(C2CC2)n1. The summed E-state index contributed by atoms with van der Waals surface area (Å²) >= 11 is 0. The molecule has 1 aliphatic rings. The number of nitrogens with zero attached hydrogens (tertiary/aromatic N) is 2. The molecule has 1 aromatic heterocycles. The van der Waals surface area contributed by atoms with Crippen molar-refractivity contribution in [3.63, 3.8) is 0 Å². The van der Waals surface area contributed by atoms with Crippen molar-refractivity contribution in [3.8, 4) is 0 Å². The minimum atomic E-state index is 0.123. The first kappa shape index (κ1) is 8.67. The van der Waals surface area contributed by atoms with Crippen LogP contribution in [-0.2, 0) is 5.41 Å². The Morgan fingerprint density at radius 3 is 2.46 bits per heavy atom. The third-order valence-corrected chi connectivity index (χ3v) is 2.42. The summed E-state index contributed by atoms with van der Waals surface area (Å²) in [6.45, 7) is 6.52. The normalized spacial score (nSPS) is 17.5. The van der Waals surface area contributed by atoms with E-state index in [0.29, 0.717) is 5.92 Å². The van der Waals surface area contributed by atoms with Crippen LogP contribution in [0.4, 0.5) is 0 Å². The summed E-state index contributed by atoms with van der Waals surface area (Å²) in [7, 11) is 0. The summed E-state index contributed by atoms with van der Waals surface area (Å²) in [5.41, 5.74) is 2.42. The first-order valence-corrected chi connectivity index (χ1v) is 4.90. The maximum Gasteiger partial charge on any atom is 0.0643 e. The van der Waals surface area contributed by atoms with Crippen LogP contribution in [0.25, 0.3) is 0 Å². The maximum atomic E-state index is 4.64. The van der Waals surface area contributed by atoms with E-state index in [-0.39, 0.29) is 5.41 Å². The predicted octanol–water partition coefficient (Wildman–Crippen LogP) is 2.65. The van der Waals surface area contributed by atoms with Crippen LogP contribution in [-0.4, -0.2) is 9.97 Å². The lowest BCUT2D eigenvalue weighted by atomic mass is 9.92. The molecule has 2 rings (SSSR count). The van der Waals surface area contributed by atoms with E-state index in [1.54, 1.807) is 0 Å². The smallest absolute Gasteiger partial charge is 0.0643 e. The molecule has 1 heterocycles. The zero-order valence-corrected chi connectivity index (χ0v) is 8.54. The predicted molar refractivity (Wildman–Crippen MR) is 52.7 cm³/mol. The van der Waals surface area contributed by atoms with E-state index in [0.717, 1.165) is 5.69 Å². The molecule has 1 saturated carbocycles. The summed E-state index contributed by atoms with van der Waals surface area (Å²) in [4.78, 5) is 8.89. The Hall–Kier alpha value is -0.920. The molecule has 2 nitrogen and oxygen atoms in total. The Labute approximate surface area is 79.4 Å². The van der Waals surface area contributed by atoms with Gasteiger partial charge < -0.3 is 0 Å². The summed E-state index contributed by atoms with van der Waals surface area (Å²) in [5, 5.41) is 0. The molecule has 13 heavy (non-hydrogen) atoms. The molecule has 1 fully saturated rings. The number of hydrogen-bond donors (Lipinski definition) is 0. The highest BCUT2D eigenvalue weighted by atomic mass is 14.8. The Morgan fingerprint density at radius 1 is 1.23 bits per heavy atom. The first-order valence-electron chi connectivity index (χ1n) is 4.90. The van der Waals surface area contributed by atoms with Crippen LogP contribution in [0.2, 0.25) is 0 Å². The summed E-state index contributed by atoms with van der Waals surface area (Å²) in [6.07, 6.45) is 6.38. The van der Waals surface area contributed by atoms with Gasteiger partial charge in [0, 0.05) is 23.7 Å². The third kappa shape index (κ3) is 1.87. The minimum Gasteiger partial charge on any atom is -0.261 e. The highest BCUT2D eigenvalue weighted by Crippen LogP contribution is 2.39. The fourth-order valence-corrected chi connectivity index (χ4v) is 1.32. The molecule has 0 aromatic carbocycles. The van der Waals surface area contributed by atoms with Crippen molar-refractivity contribution in [3.05, 3.63) is 23.8 Å². The Bertz CT molecular complexity index is 308. The van der Waals surface area contributed by atoms with Crippen molar-refractivity contribution in [2.24, 2.45) is 0 Å². The molecule has 70 valence electrons. The second-order valence-corrected chi connectivity index (χ2v) is 4.85. The molecule has 0 saturated heterocycles. The van der Waals surface area contributed by atoms with Gasteiger partial charge in [-0.2, -0.15) is 0 Å². The van der Waals surface area contributed by atoms with Gasteiger partial charge in [-0.25, -0.2) is 0 Å². The molecule has 0 N–H and O–H groups in total. The Balaban J connectivity index is 2.32. The molecular weight excluding hydrogens is 160 g/mol. The second-order valence-electron chi connectivity index (χ2n) is 4.85. The van der Waals surface area contributed by atoms with Gasteiger partial charge in [-0.05, 0) is 12.8 Å². The molecule has 1 aromatic rings. The molecule has 0 amide bonds. The van der Waals surface area contributed by atoms with Gasteiger partial charge in [-0.1, -0.05) is 20.8 Å². The number of rotatable bonds is 1. The maximum absolute atomic E-state index is 4.64. The third-order valence-electron chi connectivity index (χ3n) is 2.42. The highest BCUT2D eigenvalue weighted by Gasteiger charge is 2.26. The standard InChI is InChI=1S/C11H16N2/c1-11(2,3)10-7-12-6-9(13-10)8-4-5-8/h6-8H,4-5H2,1-3H3. The van der Waals surface area contributed by atoms with Crippen LogP contribution >= 0.6 is 0 Å². The van der Waals surface area contributed by atoms with Crippen LogP contribution in [0.5, 0.6) is 0 Å². The topological polar surface area (TPSA) is 25.8 Å². The van der Waals surface area contributed by atoms with Crippen LogP contribution in [0.3, 0.4) is 0 Å². The molecule has 0 atom stereocenters. The molecule has 0 aliphatic heterocycles. The van der Waals surface area contributed by atoms with Crippen molar-refractivity contribution in [2.45, 2.75) is 44.9 Å². The van der Waals surface area contributed by atoms with Gasteiger partial charge in [-0.15, -0.1) is 0 Å².